The van der Waals surface area contributed by atoms with Crippen molar-refractivity contribution in [3.05, 3.63) is 24.5 Å². The third kappa shape index (κ3) is 1.07. The SMILES string of the molecule is [2H]c1nc2cccnc2nc1OC([2H])([2H])[2H]. The van der Waals surface area contributed by atoms with Crippen LogP contribution in [0.1, 0.15) is 5.48 Å². The fourth-order valence-corrected chi connectivity index (χ4v) is 0.837. The van der Waals surface area contributed by atoms with E-state index in [4.69, 9.17) is 5.48 Å². The minimum absolute atomic E-state index is 0.248. The molecule has 4 heteroatoms. The molecule has 60 valence electrons. The first-order chi connectivity index (χ1) is 7.46. The topological polar surface area (TPSA) is 47.9 Å². The highest BCUT2D eigenvalue weighted by Gasteiger charge is 1.97. The van der Waals surface area contributed by atoms with Gasteiger partial charge < -0.3 is 4.74 Å². The van der Waals surface area contributed by atoms with Gasteiger partial charge in [0.05, 0.1) is 18.7 Å². The highest BCUT2D eigenvalue weighted by molar-refractivity contribution is 5.68. The molecule has 0 radical (unpaired) electrons. The third-order valence-corrected chi connectivity index (χ3v) is 1.34. The van der Waals surface area contributed by atoms with Crippen molar-refractivity contribution < 1.29 is 10.2 Å². The molecule has 2 rings (SSSR count). The van der Waals surface area contributed by atoms with Crippen LogP contribution < -0.4 is 4.74 Å². The number of rotatable bonds is 1. The third-order valence-electron chi connectivity index (χ3n) is 1.34. The van der Waals surface area contributed by atoms with E-state index < -0.39 is 7.04 Å². The number of pyridine rings is 1. The van der Waals surface area contributed by atoms with Crippen LogP contribution >= 0.6 is 0 Å². The van der Waals surface area contributed by atoms with Gasteiger partial charge >= 0.3 is 0 Å². The Morgan fingerprint density at radius 2 is 2.58 bits per heavy atom. The summed E-state index contributed by atoms with van der Waals surface area (Å²) in [5.74, 6) is -0.341. The van der Waals surface area contributed by atoms with Crippen LogP contribution in [0.5, 0.6) is 5.88 Å². The molecule has 2 aromatic rings. The van der Waals surface area contributed by atoms with E-state index >= 15 is 0 Å². The first-order valence-corrected chi connectivity index (χ1v) is 3.24. The highest BCUT2D eigenvalue weighted by Crippen LogP contribution is 2.09. The summed E-state index contributed by atoms with van der Waals surface area (Å²) < 4.78 is 32.7. The van der Waals surface area contributed by atoms with E-state index in [2.05, 4.69) is 19.7 Å². The molecule has 12 heavy (non-hydrogen) atoms. The maximum atomic E-state index is 7.46. The second kappa shape index (κ2) is 2.73. The number of fused-ring (bicyclic) bond motifs is 1. The van der Waals surface area contributed by atoms with Crippen molar-refractivity contribution in [1.29, 1.82) is 0 Å². The van der Waals surface area contributed by atoms with Crippen molar-refractivity contribution in [2.24, 2.45) is 0 Å². The van der Waals surface area contributed by atoms with Gasteiger partial charge in [0.2, 0.25) is 5.88 Å². The lowest BCUT2D eigenvalue weighted by Gasteiger charge is -1.97. The molecular weight excluding hydrogens is 154 g/mol. The standard InChI is InChI=1S/C8H7N3O/c1-12-7-5-10-6-3-2-4-9-8(6)11-7/h2-5H,1H3/i1D3,5D. The van der Waals surface area contributed by atoms with Crippen LogP contribution in [0.25, 0.3) is 11.2 Å². The van der Waals surface area contributed by atoms with E-state index in [1.165, 1.54) is 6.20 Å². The van der Waals surface area contributed by atoms with Crippen LogP contribution in [0.15, 0.2) is 24.5 Å². The number of nitrogens with zero attached hydrogens (tertiary/aromatic N) is 3. The van der Waals surface area contributed by atoms with Crippen molar-refractivity contribution in [3.63, 3.8) is 0 Å². The maximum Gasteiger partial charge on any atom is 0.234 e. The number of hydrogen-bond acceptors (Lipinski definition) is 4. The lowest BCUT2D eigenvalue weighted by Crippen LogP contribution is -1.91. The first kappa shape index (κ1) is 3.80. The first-order valence-electron chi connectivity index (χ1n) is 5.24. The molecule has 0 aliphatic heterocycles. The van der Waals surface area contributed by atoms with E-state index in [-0.39, 0.29) is 17.7 Å². The van der Waals surface area contributed by atoms with E-state index in [1.54, 1.807) is 12.1 Å². The van der Waals surface area contributed by atoms with Crippen LogP contribution in [0, 0.1) is 0 Å². The Labute approximate surface area is 74.9 Å². The zero-order valence-corrected chi connectivity index (χ0v) is 5.98. The summed E-state index contributed by atoms with van der Waals surface area (Å²) in [5, 5.41) is 0. The van der Waals surface area contributed by atoms with Crippen molar-refractivity contribution >= 4 is 11.2 Å². The molecule has 0 spiro atoms. The summed E-state index contributed by atoms with van der Waals surface area (Å²) in [7, 11) is -2.65. The Kier molecular flexibility index (Phi) is 0.864. The normalized spacial score (nSPS) is 16.0. The summed E-state index contributed by atoms with van der Waals surface area (Å²) in [6, 6.07) is 3.28. The minimum atomic E-state index is -2.65. The number of hydrogen-bond donors (Lipinski definition) is 0. The fourth-order valence-electron chi connectivity index (χ4n) is 0.837. The van der Waals surface area contributed by atoms with Crippen LogP contribution in [0.3, 0.4) is 0 Å². The van der Waals surface area contributed by atoms with Crippen LogP contribution in [0.4, 0.5) is 0 Å². The molecule has 0 unspecified atom stereocenters. The minimum Gasteiger partial charge on any atom is -0.480 e. The fraction of sp³-hybridized carbons (Fsp3) is 0.125. The molecule has 4 nitrogen and oxygen atoms in total. The molecule has 0 aromatic carbocycles. The molecule has 0 amide bonds. The molecule has 2 heterocycles. The Hall–Kier alpha value is -1.71. The lowest BCUT2D eigenvalue weighted by molar-refractivity contribution is 0.397. The zero-order chi connectivity index (χ0) is 11.8. The van der Waals surface area contributed by atoms with Gasteiger partial charge in [-0.2, -0.15) is 4.98 Å². The molecule has 0 N–H and O–H groups in total. The highest BCUT2D eigenvalue weighted by atomic mass is 16.5. The summed E-state index contributed by atoms with van der Waals surface area (Å²) in [5.41, 5.74) is 0.670. The Balaban J connectivity index is 2.50. The van der Waals surface area contributed by atoms with Gasteiger partial charge in [0.15, 0.2) is 5.65 Å². The predicted molar refractivity (Wildman–Crippen MR) is 43.9 cm³/mol. The molecule has 0 fully saturated rings. The summed E-state index contributed by atoms with van der Waals surface area (Å²) >= 11 is 0. The molecule has 0 bridgehead atoms. The van der Waals surface area contributed by atoms with E-state index in [0.717, 1.165) is 0 Å². The maximum absolute atomic E-state index is 7.46. The van der Waals surface area contributed by atoms with Gasteiger partial charge in [-0.05, 0) is 12.1 Å². The molecule has 2 aromatic heterocycles. The summed E-state index contributed by atoms with van der Waals surface area (Å²) in [6.07, 6.45) is 1.18. The van der Waals surface area contributed by atoms with Crippen LogP contribution in [0.2, 0.25) is 0 Å². The average Bonchev–Trinajstić information content (AvgIpc) is 2.17. The number of methoxy groups -OCH3 is 1. The monoisotopic (exact) mass is 165 g/mol. The van der Waals surface area contributed by atoms with Crippen LogP contribution in [-0.2, 0) is 0 Å². The van der Waals surface area contributed by atoms with Gasteiger partial charge in [-0.25, -0.2) is 9.97 Å². The van der Waals surface area contributed by atoms with E-state index in [0.29, 0.717) is 5.52 Å². The van der Waals surface area contributed by atoms with E-state index in [1.807, 2.05) is 0 Å². The van der Waals surface area contributed by atoms with Crippen molar-refractivity contribution in [2.75, 3.05) is 7.04 Å². The van der Waals surface area contributed by atoms with Gasteiger partial charge in [0.1, 0.15) is 5.52 Å². The second-order valence-corrected chi connectivity index (χ2v) is 2.09. The Morgan fingerprint density at radius 1 is 1.58 bits per heavy atom. The van der Waals surface area contributed by atoms with E-state index in [9.17, 15) is 0 Å². The van der Waals surface area contributed by atoms with Gasteiger partial charge in [-0.15, -0.1) is 0 Å². The molecule has 0 saturated carbocycles. The molecule has 0 atom stereocenters. The lowest BCUT2D eigenvalue weighted by atomic mass is 10.4. The molecule has 0 aliphatic rings. The van der Waals surface area contributed by atoms with Crippen molar-refractivity contribution in [2.45, 2.75) is 0 Å². The van der Waals surface area contributed by atoms with Crippen molar-refractivity contribution in [1.82, 2.24) is 15.0 Å². The zero-order valence-electron chi connectivity index (χ0n) is 9.98. The number of aromatic nitrogens is 3. The van der Waals surface area contributed by atoms with Crippen LogP contribution in [-0.4, -0.2) is 22.0 Å². The second-order valence-electron chi connectivity index (χ2n) is 2.09. The Bertz CT molecular complexity index is 528. The van der Waals surface area contributed by atoms with Gasteiger partial charge in [0, 0.05) is 6.20 Å². The Morgan fingerprint density at radius 3 is 3.50 bits per heavy atom. The van der Waals surface area contributed by atoms with Crippen molar-refractivity contribution in [3.8, 4) is 5.88 Å². The molecule has 0 saturated heterocycles. The van der Waals surface area contributed by atoms with Gasteiger partial charge in [-0.1, -0.05) is 0 Å². The predicted octanol–water partition coefficient (Wildman–Crippen LogP) is 1.03. The number of ether oxygens (including phenoxy) is 1. The largest absolute Gasteiger partial charge is 0.480 e. The van der Waals surface area contributed by atoms with Gasteiger partial charge in [-0.3, -0.25) is 0 Å². The average molecular weight is 165 g/mol. The molecular formula is C8H7N3O. The van der Waals surface area contributed by atoms with Gasteiger partial charge in [0.25, 0.3) is 0 Å². The quantitative estimate of drug-likeness (QED) is 0.633. The summed E-state index contributed by atoms with van der Waals surface area (Å²) in [4.78, 5) is 11.5. The summed E-state index contributed by atoms with van der Waals surface area (Å²) in [6.45, 7) is 0. The molecule has 0 aliphatic carbocycles. The smallest absolute Gasteiger partial charge is 0.234 e.